The average molecular weight is 206 g/mol. The topological polar surface area (TPSA) is 30.9 Å². The Morgan fingerprint density at radius 3 is 2.80 bits per heavy atom. The second-order valence-corrected chi connectivity index (χ2v) is 5.14. The zero-order valence-electron chi connectivity index (χ0n) is 10.0. The maximum Gasteiger partial charge on any atom is 0.0274 e. The van der Waals surface area contributed by atoms with Gasteiger partial charge in [-0.1, -0.05) is 6.92 Å². The van der Waals surface area contributed by atoms with Crippen molar-refractivity contribution in [3.05, 3.63) is 23.5 Å². The molecule has 0 aliphatic heterocycles. The van der Waals surface area contributed by atoms with Crippen LogP contribution >= 0.6 is 0 Å². The highest BCUT2D eigenvalue weighted by atomic mass is 15.0. The Balaban J connectivity index is 2.36. The van der Waals surface area contributed by atoms with Crippen LogP contribution in [0.5, 0.6) is 0 Å². The van der Waals surface area contributed by atoms with Crippen LogP contribution in [0.2, 0.25) is 0 Å². The van der Waals surface area contributed by atoms with E-state index in [-0.39, 0.29) is 0 Å². The molecule has 0 bridgehead atoms. The van der Waals surface area contributed by atoms with Crippen LogP contribution in [-0.2, 0) is 6.42 Å². The van der Waals surface area contributed by atoms with Gasteiger partial charge in [-0.3, -0.25) is 0 Å². The van der Waals surface area contributed by atoms with Gasteiger partial charge in [0.15, 0.2) is 0 Å². The molecule has 15 heavy (non-hydrogen) atoms. The van der Waals surface area contributed by atoms with Crippen molar-refractivity contribution >= 4 is 0 Å². The largest absolute Gasteiger partial charge is 0.351 e. The lowest BCUT2D eigenvalue weighted by atomic mass is 9.78. The first-order valence-corrected chi connectivity index (χ1v) is 6.03. The normalized spacial score (nSPS) is 25.7. The third kappa shape index (κ3) is 1.83. The summed E-state index contributed by atoms with van der Waals surface area (Å²) in [6.45, 7) is 7.57. The van der Waals surface area contributed by atoms with Gasteiger partial charge in [-0.2, -0.15) is 0 Å². The van der Waals surface area contributed by atoms with Crippen molar-refractivity contribution in [1.82, 2.24) is 4.57 Å². The summed E-state index contributed by atoms with van der Waals surface area (Å²) in [5, 5.41) is 0. The van der Waals surface area contributed by atoms with E-state index in [1.54, 1.807) is 0 Å². The summed E-state index contributed by atoms with van der Waals surface area (Å²) in [6, 6.07) is 0.560. The Morgan fingerprint density at radius 2 is 2.20 bits per heavy atom. The Bertz CT molecular complexity index is 338. The Kier molecular flexibility index (Phi) is 2.87. The highest BCUT2D eigenvalue weighted by Gasteiger charge is 2.26. The van der Waals surface area contributed by atoms with E-state index in [0.717, 1.165) is 12.5 Å². The molecule has 0 saturated heterocycles. The lowest BCUT2D eigenvalue weighted by Gasteiger charge is -2.27. The molecule has 1 aromatic rings. The molecule has 2 atom stereocenters. The first-order chi connectivity index (χ1) is 7.13. The molecule has 2 unspecified atom stereocenters. The van der Waals surface area contributed by atoms with Crippen LogP contribution in [0.4, 0.5) is 0 Å². The fourth-order valence-corrected chi connectivity index (χ4v) is 2.63. The second kappa shape index (κ2) is 4.01. The van der Waals surface area contributed by atoms with Crippen molar-refractivity contribution < 1.29 is 0 Å². The lowest BCUT2D eigenvalue weighted by molar-refractivity contribution is 0.410. The fourth-order valence-electron chi connectivity index (χ4n) is 2.63. The van der Waals surface area contributed by atoms with Gasteiger partial charge in [0.25, 0.3) is 0 Å². The van der Waals surface area contributed by atoms with Crippen LogP contribution in [0, 0.1) is 5.92 Å². The van der Waals surface area contributed by atoms with Gasteiger partial charge in [0.1, 0.15) is 0 Å². The lowest BCUT2D eigenvalue weighted by Crippen LogP contribution is -2.24. The molecule has 2 rings (SSSR count). The predicted molar refractivity (Wildman–Crippen MR) is 64.1 cm³/mol. The number of aromatic nitrogens is 1. The van der Waals surface area contributed by atoms with Gasteiger partial charge in [0.05, 0.1) is 0 Å². The Morgan fingerprint density at radius 1 is 1.47 bits per heavy atom. The molecular formula is C13H22N2. The van der Waals surface area contributed by atoms with Gasteiger partial charge in [-0.25, -0.2) is 0 Å². The van der Waals surface area contributed by atoms with E-state index in [1.807, 2.05) is 0 Å². The van der Waals surface area contributed by atoms with Gasteiger partial charge in [-0.05, 0) is 50.3 Å². The molecular weight excluding hydrogens is 184 g/mol. The fraction of sp³-hybridized carbons (Fsp3) is 0.692. The molecule has 0 saturated carbocycles. The molecule has 2 N–H and O–H groups in total. The van der Waals surface area contributed by atoms with Crippen molar-refractivity contribution in [1.29, 1.82) is 0 Å². The van der Waals surface area contributed by atoms with Crippen LogP contribution in [0.15, 0.2) is 12.4 Å². The summed E-state index contributed by atoms with van der Waals surface area (Å²) in [7, 11) is 0. The predicted octanol–water partition coefficient (Wildman–Crippen LogP) is 2.69. The summed E-state index contributed by atoms with van der Waals surface area (Å²) in [5.74, 6) is 1.32. The van der Waals surface area contributed by atoms with Gasteiger partial charge in [-0.15, -0.1) is 0 Å². The van der Waals surface area contributed by atoms with Gasteiger partial charge >= 0.3 is 0 Å². The molecule has 1 aromatic heterocycles. The molecule has 0 spiro atoms. The molecule has 1 heterocycles. The molecule has 0 fully saturated rings. The van der Waals surface area contributed by atoms with Crippen molar-refractivity contribution in [3.63, 3.8) is 0 Å². The maximum atomic E-state index is 5.88. The van der Waals surface area contributed by atoms with Crippen LogP contribution < -0.4 is 5.73 Å². The summed E-state index contributed by atoms with van der Waals surface area (Å²) in [4.78, 5) is 0. The second-order valence-electron chi connectivity index (χ2n) is 5.14. The third-order valence-corrected chi connectivity index (χ3v) is 3.77. The molecule has 1 aliphatic carbocycles. The van der Waals surface area contributed by atoms with Crippen molar-refractivity contribution in [2.24, 2.45) is 11.7 Å². The van der Waals surface area contributed by atoms with Gasteiger partial charge in [0, 0.05) is 24.4 Å². The molecule has 2 heteroatoms. The highest BCUT2D eigenvalue weighted by Crippen LogP contribution is 2.36. The maximum absolute atomic E-state index is 5.88. The van der Waals surface area contributed by atoms with Crippen molar-refractivity contribution in [2.45, 2.75) is 45.6 Å². The van der Waals surface area contributed by atoms with E-state index in [1.165, 1.54) is 24.0 Å². The number of nitrogens with zero attached hydrogens (tertiary/aromatic N) is 1. The first kappa shape index (κ1) is 10.7. The van der Waals surface area contributed by atoms with Crippen LogP contribution in [0.25, 0.3) is 0 Å². The summed E-state index contributed by atoms with van der Waals surface area (Å²) < 4.78 is 2.32. The van der Waals surface area contributed by atoms with Crippen LogP contribution in [0.1, 0.15) is 50.3 Å². The summed E-state index contributed by atoms with van der Waals surface area (Å²) >= 11 is 0. The zero-order chi connectivity index (χ0) is 11.0. The summed E-state index contributed by atoms with van der Waals surface area (Å²) in [6.07, 6.45) is 7.14. The standard InChI is InChI=1S/C13H22N2/c1-9(2)15-7-11-5-4-10(3)12(6-14)13(11)8-15/h7-10,12H,4-6,14H2,1-3H3. The van der Waals surface area contributed by atoms with E-state index < -0.39 is 0 Å². The first-order valence-electron chi connectivity index (χ1n) is 6.03. The Labute approximate surface area is 92.5 Å². The van der Waals surface area contributed by atoms with E-state index in [4.69, 9.17) is 5.73 Å². The molecule has 0 amide bonds. The van der Waals surface area contributed by atoms with Crippen molar-refractivity contribution in [3.8, 4) is 0 Å². The molecule has 2 nitrogen and oxygen atoms in total. The van der Waals surface area contributed by atoms with Crippen LogP contribution in [0.3, 0.4) is 0 Å². The smallest absolute Gasteiger partial charge is 0.0274 e. The number of hydrogen-bond acceptors (Lipinski definition) is 1. The number of aryl methyl sites for hydroxylation is 1. The van der Waals surface area contributed by atoms with Crippen molar-refractivity contribution in [2.75, 3.05) is 6.54 Å². The minimum atomic E-state index is 0.560. The van der Waals surface area contributed by atoms with E-state index in [9.17, 15) is 0 Å². The third-order valence-electron chi connectivity index (χ3n) is 3.77. The zero-order valence-corrected chi connectivity index (χ0v) is 10.0. The SMILES string of the molecule is CC1CCc2cn(C(C)C)cc2C1CN. The van der Waals surface area contributed by atoms with E-state index in [0.29, 0.717) is 12.0 Å². The monoisotopic (exact) mass is 206 g/mol. The van der Waals surface area contributed by atoms with E-state index >= 15 is 0 Å². The summed E-state index contributed by atoms with van der Waals surface area (Å²) in [5.41, 5.74) is 8.91. The molecule has 84 valence electrons. The number of rotatable bonds is 2. The minimum absolute atomic E-state index is 0.560. The molecule has 0 aromatic carbocycles. The number of nitrogens with two attached hydrogens (primary N) is 1. The quantitative estimate of drug-likeness (QED) is 0.792. The number of fused-ring (bicyclic) bond motifs is 1. The highest BCUT2D eigenvalue weighted by molar-refractivity contribution is 5.32. The molecule has 0 radical (unpaired) electrons. The minimum Gasteiger partial charge on any atom is -0.351 e. The average Bonchev–Trinajstić information content (AvgIpc) is 2.61. The van der Waals surface area contributed by atoms with Gasteiger partial charge in [0.2, 0.25) is 0 Å². The van der Waals surface area contributed by atoms with Gasteiger partial charge < -0.3 is 10.3 Å². The number of hydrogen-bond donors (Lipinski definition) is 1. The van der Waals surface area contributed by atoms with Crippen LogP contribution in [-0.4, -0.2) is 11.1 Å². The van der Waals surface area contributed by atoms with E-state index in [2.05, 4.69) is 37.7 Å². The molecule has 1 aliphatic rings. The Hall–Kier alpha value is -0.760.